The number of aromatic hydroxyl groups is 3. The lowest BCUT2D eigenvalue weighted by molar-refractivity contribution is -0.332. The Bertz CT molecular complexity index is 1920. The van der Waals surface area contributed by atoms with Crippen LogP contribution in [-0.2, 0) is 18.9 Å². The molecule has 2 saturated heterocycles. The molecule has 0 aromatic heterocycles. The van der Waals surface area contributed by atoms with Crippen LogP contribution in [0.15, 0.2) is 48.5 Å². The molecule has 4 aliphatic heterocycles. The highest BCUT2D eigenvalue weighted by Gasteiger charge is 2.48. The van der Waals surface area contributed by atoms with E-state index in [4.69, 9.17) is 37.9 Å². The third-order valence-corrected chi connectivity index (χ3v) is 10.2. The molecule has 11 N–H and O–H groups in total. The van der Waals surface area contributed by atoms with Gasteiger partial charge in [0.2, 0.25) is 5.78 Å². The topological polar surface area (TPSA) is 313 Å². The van der Waals surface area contributed by atoms with Crippen molar-refractivity contribution in [3.63, 3.8) is 0 Å². The molecular weight excluding hydrogens is 764 g/mol. The second-order valence-electron chi connectivity index (χ2n) is 13.9. The van der Waals surface area contributed by atoms with Gasteiger partial charge in [0, 0.05) is 17.7 Å². The van der Waals surface area contributed by atoms with Gasteiger partial charge >= 0.3 is 0 Å². The van der Waals surface area contributed by atoms with Crippen LogP contribution in [0.1, 0.15) is 33.7 Å². The fourth-order valence-electron chi connectivity index (χ4n) is 7.04. The number of methoxy groups -OCH3 is 1. The van der Waals surface area contributed by atoms with E-state index in [9.17, 15) is 61.0 Å². The van der Waals surface area contributed by atoms with Crippen molar-refractivity contribution in [1.82, 2.24) is 0 Å². The highest BCUT2D eigenvalue weighted by atomic mass is 16.7. The Balaban J connectivity index is 1.10. The zero-order chi connectivity index (χ0) is 40.9. The van der Waals surface area contributed by atoms with Gasteiger partial charge in [0.25, 0.3) is 0 Å². The number of carbonyl (C=O) groups excluding carboxylic acids is 1. The van der Waals surface area contributed by atoms with Crippen molar-refractivity contribution in [3.05, 3.63) is 65.2 Å². The van der Waals surface area contributed by atoms with Crippen LogP contribution in [0.2, 0.25) is 0 Å². The normalized spacial score (nSPS) is 34.9. The minimum atomic E-state index is -1.82. The average Bonchev–Trinajstić information content (AvgIpc) is 3.19. The van der Waals surface area contributed by atoms with E-state index in [2.05, 4.69) is 0 Å². The van der Waals surface area contributed by atoms with E-state index >= 15 is 0 Å². The monoisotopic (exact) mass is 806 g/mol. The summed E-state index contributed by atoms with van der Waals surface area (Å²) < 4.78 is 46.3. The Kier molecular flexibility index (Phi) is 11.7. The third-order valence-electron chi connectivity index (χ3n) is 10.2. The van der Waals surface area contributed by atoms with E-state index < -0.39 is 117 Å². The number of benzene rings is 3. The first-order chi connectivity index (χ1) is 27.2. The van der Waals surface area contributed by atoms with Gasteiger partial charge in [-0.3, -0.25) is 4.79 Å². The molecule has 310 valence electrons. The van der Waals surface area contributed by atoms with E-state index in [-0.39, 0.29) is 45.6 Å². The summed E-state index contributed by atoms with van der Waals surface area (Å²) in [6.45, 7) is -1.69. The van der Waals surface area contributed by atoms with Gasteiger partial charge in [-0.2, -0.15) is 0 Å². The number of phenols is 3. The fourth-order valence-corrected chi connectivity index (χ4v) is 7.04. The molecule has 0 bridgehead atoms. The molecule has 4 aliphatic rings. The second-order valence-corrected chi connectivity index (χ2v) is 13.9. The maximum absolute atomic E-state index is 13.1. The van der Waals surface area contributed by atoms with Crippen LogP contribution in [0, 0.1) is 0 Å². The lowest BCUT2D eigenvalue weighted by Crippen LogP contribution is -2.62. The molecule has 57 heavy (non-hydrogen) atoms. The minimum Gasteiger partial charge on any atom is -0.508 e. The zero-order valence-electron chi connectivity index (χ0n) is 29.9. The molecule has 14 atom stereocenters. The van der Waals surface area contributed by atoms with Gasteiger partial charge in [-0.25, -0.2) is 0 Å². The largest absolute Gasteiger partial charge is 0.508 e. The van der Waals surface area contributed by atoms with Crippen molar-refractivity contribution in [3.8, 4) is 40.2 Å². The van der Waals surface area contributed by atoms with Crippen LogP contribution in [0.3, 0.4) is 0 Å². The number of hydrogen-bond acceptors (Lipinski definition) is 20. The molecule has 20 nitrogen and oxygen atoms in total. The Morgan fingerprint density at radius 2 is 1.19 bits per heavy atom. The molecule has 2 fully saturated rings. The fraction of sp³-hybridized carbons (Fsp3) is 0.486. The number of phenolic OH excluding ortho intramolecular Hbond substituents is 3. The van der Waals surface area contributed by atoms with Crippen molar-refractivity contribution in [1.29, 1.82) is 0 Å². The Labute approximate surface area is 322 Å². The molecule has 0 saturated carbocycles. The standard InChI is InChI=1S/C37H42O20/c1-50-19-6-13(2-4-16(19)40)34-24(12-52-37-33(49)30(46)27(43)23(57-37)11-51-36-32(48)29(45)26(42)22(10-38)56-36)53-18-5-3-14(7-20(18)54-34)35-31(47)28(44)25-17(41)8-15(39)9-21(25)55-35/h2-9,22-24,26-27,29-43,45-49H,10-12H2,1H3/t22-,23-,24+,26-,27-,29+,30+,31-,32-,33-,34+,35+,36+,37-/m0/s1. The van der Waals surface area contributed by atoms with Crippen LogP contribution in [0.4, 0.5) is 0 Å². The van der Waals surface area contributed by atoms with Crippen LogP contribution in [0.5, 0.6) is 40.2 Å². The first kappa shape index (κ1) is 40.6. The van der Waals surface area contributed by atoms with Crippen LogP contribution >= 0.6 is 0 Å². The van der Waals surface area contributed by atoms with Crippen LogP contribution < -0.4 is 18.9 Å². The SMILES string of the molecule is COc1cc([C@H]2Oc3cc([C@H]4Oc5cc(O)cc(O)c5C(=O)[C@@H]4O)ccc3O[C@@H]2CO[C@H]2O[C@@H](CO[C@@H]3O[C@@H](CO)[C@H](O)[C@@H](O)[C@@H]3O)[C@H](O)[C@@H](O)[C@@H]2O)ccc1O. The van der Waals surface area contributed by atoms with Gasteiger partial charge in [0.1, 0.15) is 71.6 Å². The smallest absolute Gasteiger partial charge is 0.202 e. The van der Waals surface area contributed by atoms with Crippen LogP contribution in [-0.4, -0.2) is 163 Å². The number of carbonyl (C=O) groups is 1. The summed E-state index contributed by atoms with van der Waals surface area (Å²) in [5, 5.41) is 114. The number of aliphatic hydroxyl groups excluding tert-OH is 8. The molecule has 0 radical (unpaired) electrons. The van der Waals surface area contributed by atoms with Gasteiger partial charge in [-0.15, -0.1) is 0 Å². The van der Waals surface area contributed by atoms with E-state index in [0.717, 1.165) is 12.1 Å². The van der Waals surface area contributed by atoms with Crippen molar-refractivity contribution < 1.29 is 98.9 Å². The summed E-state index contributed by atoms with van der Waals surface area (Å²) >= 11 is 0. The maximum atomic E-state index is 13.1. The van der Waals surface area contributed by atoms with Crippen LogP contribution in [0.25, 0.3) is 0 Å². The summed E-state index contributed by atoms with van der Waals surface area (Å²) in [5.41, 5.74) is 0.372. The molecule has 20 heteroatoms. The zero-order valence-corrected chi connectivity index (χ0v) is 29.9. The number of ketones is 1. The van der Waals surface area contributed by atoms with Crippen molar-refractivity contribution in [2.45, 2.75) is 85.8 Å². The van der Waals surface area contributed by atoms with Gasteiger partial charge in [0.15, 0.2) is 60.0 Å². The highest BCUT2D eigenvalue weighted by molar-refractivity contribution is 6.05. The summed E-state index contributed by atoms with van der Waals surface area (Å²) in [7, 11) is 1.34. The third kappa shape index (κ3) is 7.75. The predicted octanol–water partition coefficient (Wildman–Crippen LogP) is -1.99. The summed E-state index contributed by atoms with van der Waals surface area (Å²) in [4.78, 5) is 13.1. The second kappa shape index (κ2) is 16.4. The minimum absolute atomic E-state index is 0.0862. The predicted molar refractivity (Wildman–Crippen MR) is 185 cm³/mol. The molecule has 0 unspecified atom stereocenters. The highest BCUT2D eigenvalue weighted by Crippen LogP contribution is 2.46. The number of fused-ring (bicyclic) bond motifs is 2. The molecule has 7 rings (SSSR count). The van der Waals surface area contributed by atoms with Crippen molar-refractivity contribution in [2.24, 2.45) is 0 Å². The number of Topliss-reactive ketones (excluding diaryl/α,β-unsaturated/α-hetero) is 1. The van der Waals surface area contributed by atoms with E-state index in [1.54, 1.807) is 0 Å². The van der Waals surface area contributed by atoms with Crippen molar-refractivity contribution in [2.75, 3.05) is 26.9 Å². The van der Waals surface area contributed by atoms with Crippen molar-refractivity contribution >= 4 is 5.78 Å². The maximum Gasteiger partial charge on any atom is 0.202 e. The summed E-state index contributed by atoms with van der Waals surface area (Å²) in [6, 6.07) is 10.9. The number of ether oxygens (including phenoxy) is 8. The first-order valence-electron chi connectivity index (χ1n) is 17.7. The van der Waals surface area contributed by atoms with Gasteiger partial charge in [-0.1, -0.05) is 12.1 Å². The molecule has 4 heterocycles. The molecule has 0 amide bonds. The lowest BCUT2D eigenvalue weighted by atomic mass is 9.92. The molecular formula is C37H42O20. The van der Waals surface area contributed by atoms with E-state index in [1.165, 1.54) is 43.5 Å². The average molecular weight is 807 g/mol. The Hall–Kier alpha value is -4.55. The number of rotatable bonds is 10. The number of aliphatic hydroxyl groups is 8. The summed E-state index contributed by atoms with van der Waals surface area (Å²) in [5.74, 6) is -1.74. The molecule has 3 aromatic carbocycles. The van der Waals surface area contributed by atoms with E-state index in [0.29, 0.717) is 5.56 Å². The van der Waals surface area contributed by atoms with Gasteiger partial charge in [-0.05, 0) is 29.8 Å². The first-order valence-corrected chi connectivity index (χ1v) is 17.7. The Morgan fingerprint density at radius 1 is 0.596 bits per heavy atom. The van der Waals surface area contributed by atoms with Gasteiger partial charge < -0.3 is 94.1 Å². The Morgan fingerprint density at radius 3 is 1.86 bits per heavy atom. The van der Waals surface area contributed by atoms with E-state index in [1.807, 2.05) is 0 Å². The number of hydrogen-bond donors (Lipinski definition) is 11. The molecule has 3 aromatic rings. The molecule has 0 spiro atoms. The summed E-state index contributed by atoms with van der Waals surface area (Å²) in [6.07, 6.45) is -21.5. The lowest BCUT2D eigenvalue weighted by Gasteiger charge is -2.43. The molecule has 0 aliphatic carbocycles. The van der Waals surface area contributed by atoms with Gasteiger partial charge in [0.05, 0.1) is 26.9 Å². The quantitative estimate of drug-likeness (QED) is 0.106.